The molecule has 2 aromatic rings. The van der Waals surface area contributed by atoms with Gasteiger partial charge in [-0.1, -0.05) is 18.5 Å². The molecule has 0 amide bonds. The highest BCUT2D eigenvalue weighted by atomic mass is 35.5. The molecule has 1 saturated heterocycles. The zero-order valence-corrected chi connectivity index (χ0v) is 13.7. The lowest BCUT2D eigenvalue weighted by Gasteiger charge is -2.36. The van der Waals surface area contributed by atoms with E-state index in [1.165, 1.54) is 10.7 Å². The molecule has 0 spiro atoms. The molecule has 1 aliphatic rings. The van der Waals surface area contributed by atoms with E-state index in [0.717, 1.165) is 49.9 Å². The van der Waals surface area contributed by atoms with Crippen LogP contribution in [0.5, 0.6) is 0 Å². The number of anilines is 1. The molecule has 0 bridgehead atoms. The number of pyridine rings is 1. The molecule has 6 heteroatoms. The van der Waals surface area contributed by atoms with Gasteiger partial charge in [-0.05, 0) is 12.5 Å². The predicted octanol–water partition coefficient (Wildman–Crippen LogP) is 3.08. The summed E-state index contributed by atoms with van der Waals surface area (Å²) in [5.74, 6) is 0. The average molecular weight is 323 g/mol. The van der Waals surface area contributed by atoms with Gasteiger partial charge in [0.2, 0.25) is 0 Å². The predicted molar refractivity (Wildman–Crippen MR) is 88.2 cm³/mol. The highest BCUT2D eigenvalue weighted by molar-refractivity contribution is 7.09. The Hall–Kier alpha value is -1.17. The monoisotopic (exact) mass is 322 g/mol. The Bertz CT molecular complexity index is 593. The van der Waals surface area contributed by atoms with Crippen molar-refractivity contribution in [2.45, 2.75) is 19.9 Å². The van der Waals surface area contributed by atoms with Crippen LogP contribution in [0.1, 0.15) is 17.6 Å². The zero-order chi connectivity index (χ0) is 14.7. The van der Waals surface area contributed by atoms with Gasteiger partial charge in [0.05, 0.1) is 21.4 Å². The van der Waals surface area contributed by atoms with Crippen molar-refractivity contribution in [2.24, 2.45) is 0 Å². The van der Waals surface area contributed by atoms with E-state index in [0.29, 0.717) is 0 Å². The lowest BCUT2D eigenvalue weighted by molar-refractivity contribution is 0.247. The van der Waals surface area contributed by atoms with E-state index < -0.39 is 0 Å². The number of piperazine rings is 1. The van der Waals surface area contributed by atoms with Crippen molar-refractivity contribution in [2.75, 3.05) is 31.1 Å². The molecule has 0 aromatic carbocycles. The maximum atomic E-state index is 6.22. The Balaban J connectivity index is 1.56. The van der Waals surface area contributed by atoms with E-state index in [1.54, 1.807) is 23.7 Å². The van der Waals surface area contributed by atoms with E-state index in [4.69, 9.17) is 11.6 Å². The maximum absolute atomic E-state index is 6.22. The van der Waals surface area contributed by atoms with Gasteiger partial charge in [-0.15, -0.1) is 11.3 Å². The zero-order valence-electron chi connectivity index (χ0n) is 12.1. The third-order valence-corrected chi connectivity index (χ3v) is 5.08. The van der Waals surface area contributed by atoms with Crippen LogP contribution in [-0.4, -0.2) is 41.0 Å². The molecule has 0 N–H and O–H groups in total. The second-order valence-corrected chi connectivity index (χ2v) is 6.53. The van der Waals surface area contributed by atoms with Crippen LogP contribution in [0.15, 0.2) is 23.8 Å². The summed E-state index contributed by atoms with van der Waals surface area (Å²) in [7, 11) is 0. The van der Waals surface area contributed by atoms with E-state index in [9.17, 15) is 0 Å². The van der Waals surface area contributed by atoms with Crippen LogP contribution in [0.4, 0.5) is 5.69 Å². The molecule has 0 aliphatic carbocycles. The largest absolute Gasteiger partial charge is 0.368 e. The SMILES string of the molecule is CCc1nc(CN2CCN(c3ccncc3Cl)CC2)cs1. The summed E-state index contributed by atoms with van der Waals surface area (Å²) in [4.78, 5) is 13.5. The third-order valence-electron chi connectivity index (χ3n) is 3.75. The van der Waals surface area contributed by atoms with Crippen molar-refractivity contribution in [1.29, 1.82) is 0 Å². The van der Waals surface area contributed by atoms with Crippen LogP contribution in [0.3, 0.4) is 0 Å². The van der Waals surface area contributed by atoms with Crippen LogP contribution >= 0.6 is 22.9 Å². The summed E-state index contributed by atoms with van der Waals surface area (Å²) >= 11 is 7.98. The second-order valence-electron chi connectivity index (χ2n) is 5.18. The van der Waals surface area contributed by atoms with Gasteiger partial charge in [-0.2, -0.15) is 0 Å². The maximum Gasteiger partial charge on any atom is 0.0926 e. The van der Waals surface area contributed by atoms with Gasteiger partial charge in [0.15, 0.2) is 0 Å². The summed E-state index contributed by atoms with van der Waals surface area (Å²) in [5, 5.41) is 4.15. The minimum atomic E-state index is 0.734. The number of halogens is 1. The molecule has 4 nitrogen and oxygen atoms in total. The minimum Gasteiger partial charge on any atom is -0.368 e. The molecular formula is C15H19ClN4S. The number of aromatic nitrogens is 2. The van der Waals surface area contributed by atoms with Crippen molar-refractivity contribution in [3.8, 4) is 0 Å². The molecule has 1 aliphatic heterocycles. The first-order valence-electron chi connectivity index (χ1n) is 7.26. The summed E-state index contributed by atoms with van der Waals surface area (Å²) < 4.78 is 0. The first-order chi connectivity index (χ1) is 10.3. The highest BCUT2D eigenvalue weighted by Gasteiger charge is 2.19. The standard InChI is InChI=1S/C15H19ClN4S/c1-2-15-18-12(11-21-15)10-19-5-7-20(8-6-19)14-3-4-17-9-13(14)16/h3-4,9,11H,2,5-8,10H2,1H3. The summed E-state index contributed by atoms with van der Waals surface area (Å²) in [6.45, 7) is 7.17. The van der Waals surface area contributed by atoms with E-state index in [-0.39, 0.29) is 0 Å². The van der Waals surface area contributed by atoms with Crippen LogP contribution in [0.25, 0.3) is 0 Å². The fraction of sp³-hybridized carbons (Fsp3) is 0.467. The highest BCUT2D eigenvalue weighted by Crippen LogP contribution is 2.25. The van der Waals surface area contributed by atoms with Gasteiger partial charge in [-0.25, -0.2) is 4.98 Å². The molecular weight excluding hydrogens is 304 g/mol. The first kappa shape index (κ1) is 14.8. The molecule has 0 atom stereocenters. The number of hydrogen-bond acceptors (Lipinski definition) is 5. The Kier molecular flexibility index (Phi) is 4.73. The minimum absolute atomic E-state index is 0.734. The number of thiazole rings is 1. The smallest absolute Gasteiger partial charge is 0.0926 e. The van der Waals surface area contributed by atoms with Gasteiger partial charge >= 0.3 is 0 Å². The van der Waals surface area contributed by atoms with Gasteiger partial charge in [0.25, 0.3) is 0 Å². The quantitative estimate of drug-likeness (QED) is 0.866. The van der Waals surface area contributed by atoms with Crippen LogP contribution in [0, 0.1) is 0 Å². The van der Waals surface area contributed by atoms with E-state index in [1.807, 2.05) is 6.07 Å². The Morgan fingerprint density at radius 1 is 1.29 bits per heavy atom. The molecule has 0 unspecified atom stereocenters. The third kappa shape index (κ3) is 3.54. The van der Waals surface area contributed by atoms with Crippen molar-refractivity contribution >= 4 is 28.6 Å². The van der Waals surface area contributed by atoms with Crippen LogP contribution < -0.4 is 4.90 Å². The molecule has 3 heterocycles. The lowest BCUT2D eigenvalue weighted by Crippen LogP contribution is -2.46. The summed E-state index contributed by atoms with van der Waals surface area (Å²) in [6.07, 6.45) is 4.54. The Morgan fingerprint density at radius 2 is 2.10 bits per heavy atom. The number of hydrogen-bond donors (Lipinski definition) is 0. The van der Waals surface area contributed by atoms with Gasteiger partial charge in [0.1, 0.15) is 0 Å². The number of rotatable bonds is 4. The number of nitrogens with zero attached hydrogens (tertiary/aromatic N) is 4. The molecule has 21 heavy (non-hydrogen) atoms. The molecule has 3 rings (SSSR count). The number of aryl methyl sites for hydroxylation is 1. The van der Waals surface area contributed by atoms with Gasteiger partial charge < -0.3 is 4.90 Å². The summed E-state index contributed by atoms with van der Waals surface area (Å²) in [5.41, 5.74) is 2.29. The topological polar surface area (TPSA) is 32.3 Å². The van der Waals surface area contributed by atoms with Crippen molar-refractivity contribution in [1.82, 2.24) is 14.9 Å². The molecule has 112 valence electrons. The van der Waals surface area contributed by atoms with Gasteiger partial charge in [0, 0.05) is 50.5 Å². The first-order valence-corrected chi connectivity index (χ1v) is 8.52. The van der Waals surface area contributed by atoms with Crippen LogP contribution in [-0.2, 0) is 13.0 Å². The van der Waals surface area contributed by atoms with Crippen molar-refractivity contribution in [3.63, 3.8) is 0 Å². The van der Waals surface area contributed by atoms with Crippen molar-refractivity contribution < 1.29 is 0 Å². The second kappa shape index (κ2) is 6.73. The molecule has 0 saturated carbocycles. The molecule has 2 aromatic heterocycles. The molecule has 0 radical (unpaired) electrons. The van der Waals surface area contributed by atoms with E-state index in [2.05, 4.69) is 32.1 Å². The fourth-order valence-electron chi connectivity index (χ4n) is 2.58. The summed E-state index contributed by atoms with van der Waals surface area (Å²) in [6, 6.07) is 1.99. The van der Waals surface area contributed by atoms with E-state index >= 15 is 0 Å². The average Bonchev–Trinajstić information content (AvgIpc) is 2.96. The normalized spacial score (nSPS) is 16.4. The van der Waals surface area contributed by atoms with Gasteiger partial charge in [-0.3, -0.25) is 9.88 Å². The van der Waals surface area contributed by atoms with Crippen molar-refractivity contribution in [3.05, 3.63) is 39.6 Å². The molecule has 1 fully saturated rings. The lowest BCUT2D eigenvalue weighted by atomic mass is 10.2. The fourth-order valence-corrected chi connectivity index (χ4v) is 3.56. The Labute approximate surface area is 134 Å². The van der Waals surface area contributed by atoms with Crippen LogP contribution in [0.2, 0.25) is 5.02 Å². The Morgan fingerprint density at radius 3 is 2.76 bits per heavy atom.